The van der Waals surface area contributed by atoms with Gasteiger partial charge in [0.2, 0.25) is 5.91 Å². The van der Waals surface area contributed by atoms with Gasteiger partial charge in [0.15, 0.2) is 0 Å². The van der Waals surface area contributed by atoms with Gasteiger partial charge >= 0.3 is 5.63 Å². The molecule has 26 heavy (non-hydrogen) atoms. The van der Waals surface area contributed by atoms with Crippen LogP contribution in [0.15, 0.2) is 57.7 Å². The van der Waals surface area contributed by atoms with E-state index in [0.717, 1.165) is 34.2 Å². The SMILES string of the molecule is CCc1ccc2c(CSCC(=O)Nc3cccc(C)c3)cc(=O)oc2c1. The maximum Gasteiger partial charge on any atom is 0.336 e. The van der Waals surface area contributed by atoms with Crippen LogP contribution in [0.25, 0.3) is 11.0 Å². The Morgan fingerprint density at radius 2 is 2.00 bits per heavy atom. The average molecular weight is 367 g/mol. The Labute approximate surface area is 156 Å². The first-order chi connectivity index (χ1) is 12.5. The first kappa shape index (κ1) is 18.3. The fourth-order valence-electron chi connectivity index (χ4n) is 2.79. The number of hydrogen-bond donors (Lipinski definition) is 1. The van der Waals surface area contributed by atoms with E-state index in [1.54, 1.807) is 0 Å². The van der Waals surface area contributed by atoms with Crippen molar-refractivity contribution >= 4 is 34.3 Å². The molecule has 0 aliphatic rings. The lowest BCUT2D eigenvalue weighted by molar-refractivity contribution is -0.113. The average Bonchev–Trinajstić information content (AvgIpc) is 2.61. The third kappa shape index (κ3) is 4.55. The van der Waals surface area contributed by atoms with Crippen LogP contribution in [-0.2, 0) is 17.0 Å². The summed E-state index contributed by atoms with van der Waals surface area (Å²) in [6.45, 7) is 4.05. The number of anilines is 1. The van der Waals surface area contributed by atoms with Crippen molar-refractivity contribution < 1.29 is 9.21 Å². The van der Waals surface area contributed by atoms with Crippen molar-refractivity contribution in [3.8, 4) is 0 Å². The Kier molecular flexibility index (Phi) is 5.78. The second-order valence-electron chi connectivity index (χ2n) is 6.19. The highest BCUT2D eigenvalue weighted by molar-refractivity contribution is 7.99. The Morgan fingerprint density at radius 1 is 1.15 bits per heavy atom. The minimum absolute atomic E-state index is 0.0545. The molecule has 134 valence electrons. The van der Waals surface area contributed by atoms with Gasteiger partial charge in [0.25, 0.3) is 0 Å². The molecule has 0 spiro atoms. The normalized spacial score (nSPS) is 10.8. The Hall–Kier alpha value is -2.53. The maximum absolute atomic E-state index is 12.1. The number of thioether (sulfide) groups is 1. The molecule has 1 aromatic heterocycles. The van der Waals surface area contributed by atoms with Gasteiger partial charge in [-0.2, -0.15) is 0 Å². The van der Waals surface area contributed by atoms with Crippen LogP contribution in [0.2, 0.25) is 0 Å². The summed E-state index contributed by atoms with van der Waals surface area (Å²) in [6.07, 6.45) is 0.887. The second kappa shape index (κ2) is 8.23. The van der Waals surface area contributed by atoms with E-state index < -0.39 is 0 Å². The molecule has 0 aliphatic heterocycles. The van der Waals surface area contributed by atoms with E-state index in [1.165, 1.54) is 17.8 Å². The molecule has 1 N–H and O–H groups in total. The van der Waals surface area contributed by atoms with Gasteiger partial charge in [-0.15, -0.1) is 11.8 Å². The number of aryl methyl sites for hydroxylation is 2. The molecule has 0 aliphatic carbocycles. The van der Waals surface area contributed by atoms with Crippen LogP contribution in [0.4, 0.5) is 5.69 Å². The molecule has 0 saturated carbocycles. The van der Waals surface area contributed by atoms with Gasteiger partial charge in [0.1, 0.15) is 5.58 Å². The molecule has 3 aromatic rings. The number of hydrogen-bond acceptors (Lipinski definition) is 4. The zero-order chi connectivity index (χ0) is 18.5. The molecular formula is C21H21NO3S. The lowest BCUT2D eigenvalue weighted by Gasteiger charge is -2.08. The molecule has 0 fully saturated rings. The van der Waals surface area contributed by atoms with E-state index in [2.05, 4.69) is 12.2 Å². The molecular weight excluding hydrogens is 346 g/mol. The molecule has 4 nitrogen and oxygen atoms in total. The molecule has 0 saturated heterocycles. The number of carbonyl (C=O) groups is 1. The van der Waals surface area contributed by atoms with Crippen LogP contribution in [-0.4, -0.2) is 11.7 Å². The van der Waals surface area contributed by atoms with E-state index in [9.17, 15) is 9.59 Å². The summed E-state index contributed by atoms with van der Waals surface area (Å²) in [7, 11) is 0. The highest BCUT2D eigenvalue weighted by Crippen LogP contribution is 2.23. The number of nitrogens with one attached hydrogen (secondary N) is 1. The Balaban J connectivity index is 1.66. The van der Waals surface area contributed by atoms with Crippen molar-refractivity contribution in [3.63, 3.8) is 0 Å². The fourth-order valence-corrected chi connectivity index (χ4v) is 3.61. The molecule has 3 rings (SSSR count). The smallest absolute Gasteiger partial charge is 0.336 e. The minimum atomic E-state index is -0.356. The first-order valence-electron chi connectivity index (χ1n) is 8.55. The molecule has 0 bridgehead atoms. The zero-order valence-electron chi connectivity index (χ0n) is 14.9. The fraction of sp³-hybridized carbons (Fsp3) is 0.238. The van der Waals surface area contributed by atoms with E-state index in [-0.39, 0.29) is 11.5 Å². The monoisotopic (exact) mass is 367 g/mol. The minimum Gasteiger partial charge on any atom is -0.423 e. The molecule has 0 atom stereocenters. The summed E-state index contributed by atoms with van der Waals surface area (Å²) in [5, 5.41) is 3.82. The highest BCUT2D eigenvalue weighted by atomic mass is 32.2. The van der Waals surface area contributed by atoms with Gasteiger partial charge in [-0.3, -0.25) is 4.79 Å². The summed E-state index contributed by atoms with van der Waals surface area (Å²) < 4.78 is 5.32. The summed E-state index contributed by atoms with van der Waals surface area (Å²) >= 11 is 1.48. The topological polar surface area (TPSA) is 59.3 Å². The van der Waals surface area contributed by atoms with Crippen LogP contribution in [0.5, 0.6) is 0 Å². The Bertz CT molecular complexity index is 994. The molecule has 1 heterocycles. The van der Waals surface area contributed by atoms with E-state index >= 15 is 0 Å². The van der Waals surface area contributed by atoms with Gasteiger partial charge in [-0.1, -0.05) is 31.2 Å². The van der Waals surface area contributed by atoms with E-state index in [1.807, 2.05) is 49.4 Å². The second-order valence-corrected chi connectivity index (χ2v) is 7.17. The predicted molar refractivity (Wildman–Crippen MR) is 108 cm³/mol. The molecule has 5 heteroatoms. The van der Waals surface area contributed by atoms with Gasteiger partial charge < -0.3 is 9.73 Å². The standard InChI is InChI=1S/C21H21NO3S/c1-3-15-7-8-18-16(11-21(24)25-19(18)10-15)12-26-13-20(23)22-17-6-4-5-14(2)9-17/h4-11H,3,12-13H2,1-2H3,(H,22,23). The van der Waals surface area contributed by atoms with Crippen LogP contribution < -0.4 is 10.9 Å². The number of benzene rings is 2. The zero-order valence-corrected chi connectivity index (χ0v) is 15.7. The third-order valence-electron chi connectivity index (χ3n) is 4.10. The summed E-state index contributed by atoms with van der Waals surface area (Å²) in [5.41, 5.74) is 4.18. The predicted octanol–water partition coefficient (Wildman–Crippen LogP) is 4.54. The van der Waals surface area contributed by atoms with Crippen LogP contribution in [0.3, 0.4) is 0 Å². The number of carbonyl (C=O) groups excluding carboxylic acids is 1. The van der Waals surface area contributed by atoms with Crippen molar-refractivity contribution in [1.82, 2.24) is 0 Å². The molecule has 0 unspecified atom stereocenters. The first-order valence-corrected chi connectivity index (χ1v) is 9.70. The van der Waals surface area contributed by atoms with E-state index in [0.29, 0.717) is 17.1 Å². The van der Waals surface area contributed by atoms with Gasteiger partial charge in [-0.05, 0) is 48.2 Å². The molecule has 1 amide bonds. The third-order valence-corrected chi connectivity index (χ3v) is 5.08. The van der Waals surface area contributed by atoms with Crippen LogP contribution in [0.1, 0.15) is 23.6 Å². The lowest BCUT2D eigenvalue weighted by Crippen LogP contribution is -2.14. The van der Waals surface area contributed by atoms with Crippen molar-refractivity contribution in [2.75, 3.05) is 11.1 Å². The van der Waals surface area contributed by atoms with Gasteiger partial charge in [0, 0.05) is 22.9 Å². The van der Waals surface area contributed by atoms with Gasteiger partial charge in [0.05, 0.1) is 5.75 Å². The lowest BCUT2D eigenvalue weighted by atomic mass is 10.1. The van der Waals surface area contributed by atoms with E-state index in [4.69, 9.17) is 4.42 Å². The van der Waals surface area contributed by atoms with Crippen molar-refractivity contribution in [2.45, 2.75) is 26.0 Å². The van der Waals surface area contributed by atoms with Crippen molar-refractivity contribution in [1.29, 1.82) is 0 Å². The quantitative estimate of drug-likeness (QED) is 0.650. The molecule has 0 radical (unpaired) electrons. The largest absolute Gasteiger partial charge is 0.423 e. The number of fused-ring (bicyclic) bond motifs is 1. The van der Waals surface area contributed by atoms with Crippen LogP contribution >= 0.6 is 11.8 Å². The Morgan fingerprint density at radius 3 is 2.77 bits per heavy atom. The van der Waals surface area contributed by atoms with Crippen molar-refractivity contribution in [2.24, 2.45) is 0 Å². The number of rotatable bonds is 6. The summed E-state index contributed by atoms with van der Waals surface area (Å²) in [5.74, 6) is 0.846. The summed E-state index contributed by atoms with van der Waals surface area (Å²) in [6, 6.07) is 15.2. The molecule has 2 aromatic carbocycles. The number of amides is 1. The van der Waals surface area contributed by atoms with Crippen LogP contribution in [0, 0.1) is 6.92 Å². The van der Waals surface area contributed by atoms with Crippen molar-refractivity contribution in [3.05, 3.63) is 75.6 Å². The maximum atomic E-state index is 12.1. The summed E-state index contributed by atoms with van der Waals surface area (Å²) in [4.78, 5) is 23.9. The highest BCUT2D eigenvalue weighted by Gasteiger charge is 2.08. The van der Waals surface area contributed by atoms with Gasteiger partial charge in [-0.25, -0.2) is 4.79 Å².